The number of Topliss-reactive ketones (excluding diaryl/α,β-unsaturated/α-hetero) is 1. The van der Waals surface area contributed by atoms with Crippen LogP contribution in [0.4, 0.5) is 0 Å². The maximum atomic E-state index is 12.2. The number of fused-ring (bicyclic) bond motifs is 1. The van der Waals surface area contributed by atoms with Crippen molar-refractivity contribution in [2.75, 3.05) is 0 Å². The highest BCUT2D eigenvalue weighted by Crippen LogP contribution is 2.28. The summed E-state index contributed by atoms with van der Waals surface area (Å²) in [5.41, 5.74) is 3.37. The van der Waals surface area contributed by atoms with Gasteiger partial charge in [0.1, 0.15) is 0 Å². The van der Waals surface area contributed by atoms with Crippen molar-refractivity contribution in [2.45, 2.75) is 19.0 Å². The number of ketones is 1. The molecule has 1 unspecified atom stereocenters. The predicted octanol–water partition coefficient (Wildman–Crippen LogP) is 3.10. The zero-order valence-corrected chi connectivity index (χ0v) is 10.1. The largest absolute Gasteiger partial charge is 0.305 e. The van der Waals surface area contributed by atoms with Crippen LogP contribution in [-0.2, 0) is 6.54 Å². The number of carbonyl (C=O) groups is 1. The molecule has 0 aliphatic carbocycles. The summed E-state index contributed by atoms with van der Waals surface area (Å²) in [5.74, 6) is 0.199. The standard InChI is InChI=1S/C16H15NO/c18-16(12-6-2-1-3-7-12)10-15-14-9-5-4-8-13(14)11-17-15/h1-9,15,17H,10-11H2. The van der Waals surface area contributed by atoms with Crippen LogP contribution in [0.25, 0.3) is 0 Å². The fourth-order valence-electron chi connectivity index (χ4n) is 2.49. The van der Waals surface area contributed by atoms with E-state index in [2.05, 4.69) is 17.4 Å². The molecule has 3 rings (SSSR count). The van der Waals surface area contributed by atoms with E-state index in [9.17, 15) is 4.79 Å². The van der Waals surface area contributed by atoms with Crippen LogP contribution >= 0.6 is 0 Å². The number of benzene rings is 2. The normalized spacial score (nSPS) is 17.4. The Labute approximate surface area is 107 Å². The molecule has 0 fully saturated rings. The minimum Gasteiger partial charge on any atom is -0.305 e. The average Bonchev–Trinajstić information content (AvgIpc) is 2.83. The van der Waals surface area contributed by atoms with E-state index in [1.165, 1.54) is 11.1 Å². The molecular weight excluding hydrogens is 222 g/mol. The Morgan fingerprint density at radius 3 is 2.61 bits per heavy atom. The third kappa shape index (κ3) is 2.07. The molecule has 1 aliphatic rings. The zero-order chi connectivity index (χ0) is 12.4. The van der Waals surface area contributed by atoms with Crippen molar-refractivity contribution in [3.8, 4) is 0 Å². The molecule has 2 aromatic rings. The van der Waals surface area contributed by atoms with Crippen molar-refractivity contribution < 1.29 is 4.79 Å². The highest BCUT2D eigenvalue weighted by atomic mass is 16.1. The molecule has 0 saturated heterocycles. The second-order valence-electron chi connectivity index (χ2n) is 4.63. The number of carbonyl (C=O) groups excluding carboxylic acids is 1. The van der Waals surface area contributed by atoms with Crippen LogP contribution in [0.15, 0.2) is 54.6 Å². The van der Waals surface area contributed by atoms with E-state index in [0.717, 1.165) is 12.1 Å². The first-order valence-electron chi connectivity index (χ1n) is 6.24. The van der Waals surface area contributed by atoms with E-state index in [1.54, 1.807) is 0 Å². The minimum absolute atomic E-state index is 0.161. The van der Waals surface area contributed by atoms with E-state index < -0.39 is 0 Å². The van der Waals surface area contributed by atoms with Crippen molar-refractivity contribution in [3.63, 3.8) is 0 Å². The van der Waals surface area contributed by atoms with Gasteiger partial charge in [0, 0.05) is 24.6 Å². The summed E-state index contributed by atoms with van der Waals surface area (Å²) in [5, 5.41) is 3.40. The Kier molecular flexibility index (Phi) is 2.95. The number of hydrogen-bond acceptors (Lipinski definition) is 2. The van der Waals surface area contributed by atoms with E-state index in [1.807, 2.05) is 42.5 Å². The van der Waals surface area contributed by atoms with Gasteiger partial charge in [0.2, 0.25) is 0 Å². The van der Waals surface area contributed by atoms with Gasteiger partial charge in [-0.15, -0.1) is 0 Å². The first-order chi connectivity index (χ1) is 8.84. The molecule has 0 bridgehead atoms. The van der Waals surface area contributed by atoms with Gasteiger partial charge in [-0.3, -0.25) is 4.79 Å². The van der Waals surface area contributed by atoms with Gasteiger partial charge in [0.15, 0.2) is 5.78 Å². The molecule has 0 radical (unpaired) electrons. The van der Waals surface area contributed by atoms with Crippen LogP contribution in [-0.4, -0.2) is 5.78 Å². The van der Waals surface area contributed by atoms with Gasteiger partial charge in [-0.2, -0.15) is 0 Å². The quantitative estimate of drug-likeness (QED) is 0.831. The monoisotopic (exact) mass is 237 g/mol. The maximum absolute atomic E-state index is 12.2. The maximum Gasteiger partial charge on any atom is 0.164 e. The van der Waals surface area contributed by atoms with Crippen molar-refractivity contribution in [1.29, 1.82) is 0 Å². The second kappa shape index (κ2) is 4.75. The molecule has 0 amide bonds. The first kappa shape index (κ1) is 11.2. The van der Waals surface area contributed by atoms with Crippen LogP contribution < -0.4 is 5.32 Å². The lowest BCUT2D eigenvalue weighted by Crippen LogP contribution is -2.16. The van der Waals surface area contributed by atoms with E-state index in [-0.39, 0.29) is 11.8 Å². The van der Waals surface area contributed by atoms with Crippen LogP contribution in [0.5, 0.6) is 0 Å². The van der Waals surface area contributed by atoms with Gasteiger partial charge in [0.25, 0.3) is 0 Å². The van der Waals surface area contributed by atoms with Gasteiger partial charge in [-0.05, 0) is 11.1 Å². The molecule has 18 heavy (non-hydrogen) atoms. The van der Waals surface area contributed by atoms with E-state index in [4.69, 9.17) is 0 Å². The summed E-state index contributed by atoms with van der Waals surface area (Å²) in [4.78, 5) is 12.2. The predicted molar refractivity (Wildman–Crippen MR) is 71.4 cm³/mol. The topological polar surface area (TPSA) is 29.1 Å². The van der Waals surface area contributed by atoms with Crippen molar-refractivity contribution in [2.24, 2.45) is 0 Å². The Hall–Kier alpha value is -1.93. The summed E-state index contributed by atoms with van der Waals surface area (Å²) in [6.07, 6.45) is 0.529. The summed E-state index contributed by atoms with van der Waals surface area (Å²) in [6.45, 7) is 0.864. The van der Waals surface area contributed by atoms with Crippen LogP contribution in [0, 0.1) is 0 Å². The van der Waals surface area contributed by atoms with Gasteiger partial charge in [-0.1, -0.05) is 54.6 Å². The molecule has 0 spiro atoms. The molecule has 0 aromatic heterocycles. The first-order valence-corrected chi connectivity index (χ1v) is 6.24. The van der Waals surface area contributed by atoms with Crippen LogP contribution in [0.1, 0.15) is 33.9 Å². The molecule has 1 heterocycles. The fourth-order valence-corrected chi connectivity index (χ4v) is 2.49. The lowest BCUT2D eigenvalue weighted by atomic mass is 9.98. The second-order valence-corrected chi connectivity index (χ2v) is 4.63. The molecule has 2 nitrogen and oxygen atoms in total. The lowest BCUT2D eigenvalue weighted by Gasteiger charge is -2.11. The summed E-state index contributed by atoms with van der Waals surface area (Å²) >= 11 is 0. The zero-order valence-electron chi connectivity index (χ0n) is 10.1. The Balaban J connectivity index is 1.77. The number of nitrogens with one attached hydrogen (secondary N) is 1. The van der Waals surface area contributed by atoms with Crippen LogP contribution in [0.2, 0.25) is 0 Å². The molecule has 2 aromatic carbocycles. The fraction of sp³-hybridized carbons (Fsp3) is 0.188. The van der Waals surface area contributed by atoms with Crippen molar-refractivity contribution >= 4 is 5.78 Å². The lowest BCUT2D eigenvalue weighted by molar-refractivity contribution is 0.0970. The summed E-state index contributed by atoms with van der Waals surface area (Å²) in [6, 6.07) is 18.0. The number of hydrogen-bond donors (Lipinski definition) is 1. The van der Waals surface area contributed by atoms with E-state index >= 15 is 0 Å². The van der Waals surface area contributed by atoms with Crippen molar-refractivity contribution in [3.05, 3.63) is 71.3 Å². The smallest absolute Gasteiger partial charge is 0.164 e. The van der Waals surface area contributed by atoms with Crippen molar-refractivity contribution in [1.82, 2.24) is 5.32 Å². The van der Waals surface area contributed by atoms with Gasteiger partial charge >= 0.3 is 0 Å². The Morgan fingerprint density at radius 2 is 1.78 bits per heavy atom. The molecule has 90 valence electrons. The SMILES string of the molecule is O=C(CC1NCc2ccccc21)c1ccccc1. The average molecular weight is 237 g/mol. The highest BCUT2D eigenvalue weighted by Gasteiger charge is 2.23. The summed E-state index contributed by atoms with van der Waals surface area (Å²) in [7, 11) is 0. The minimum atomic E-state index is 0.161. The third-order valence-electron chi connectivity index (χ3n) is 3.45. The Bertz CT molecular complexity index is 562. The van der Waals surface area contributed by atoms with Gasteiger partial charge in [-0.25, -0.2) is 0 Å². The van der Waals surface area contributed by atoms with Gasteiger partial charge in [0.05, 0.1) is 0 Å². The molecule has 1 N–H and O–H groups in total. The highest BCUT2D eigenvalue weighted by molar-refractivity contribution is 5.96. The Morgan fingerprint density at radius 1 is 1.06 bits per heavy atom. The molecule has 1 aliphatic heterocycles. The van der Waals surface area contributed by atoms with E-state index in [0.29, 0.717) is 6.42 Å². The molecule has 2 heteroatoms. The summed E-state index contributed by atoms with van der Waals surface area (Å²) < 4.78 is 0. The molecule has 0 saturated carbocycles. The van der Waals surface area contributed by atoms with Crippen LogP contribution in [0.3, 0.4) is 0 Å². The molecular formula is C16H15NO. The number of rotatable bonds is 3. The molecule has 1 atom stereocenters. The third-order valence-corrected chi connectivity index (χ3v) is 3.45. The van der Waals surface area contributed by atoms with Gasteiger partial charge < -0.3 is 5.32 Å².